The topological polar surface area (TPSA) is 34.1 Å². The van der Waals surface area contributed by atoms with E-state index >= 15 is 0 Å². The number of rotatable bonds is 0. The summed E-state index contributed by atoms with van der Waals surface area (Å²) in [5.41, 5.74) is 0. The number of fused-ring (bicyclic) bond motifs is 1. The Bertz CT molecular complexity index is 285. The molecule has 2 atom stereocenters. The fourth-order valence-electron chi connectivity index (χ4n) is 1.71. The van der Waals surface area contributed by atoms with Crippen molar-refractivity contribution in [3.63, 3.8) is 0 Å². The van der Waals surface area contributed by atoms with Gasteiger partial charge in [-0.1, -0.05) is 24.3 Å². The molecule has 0 bridgehead atoms. The SMILES string of the molecule is O=S1(=O)C[C@H]2C=CC=C[C@H]2C1. The van der Waals surface area contributed by atoms with Crippen LogP contribution < -0.4 is 0 Å². The normalized spacial score (nSPS) is 38.9. The van der Waals surface area contributed by atoms with Crippen LogP contribution in [0.25, 0.3) is 0 Å². The first-order valence-corrected chi connectivity index (χ1v) is 5.55. The monoisotopic (exact) mass is 170 g/mol. The Morgan fingerprint density at radius 2 is 1.45 bits per heavy atom. The molecule has 11 heavy (non-hydrogen) atoms. The predicted molar refractivity (Wildman–Crippen MR) is 43.9 cm³/mol. The lowest BCUT2D eigenvalue weighted by Gasteiger charge is -2.11. The average molecular weight is 170 g/mol. The second-order valence-electron chi connectivity index (χ2n) is 3.17. The third-order valence-electron chi connectivity index (χ3n) is 2.27. The summed E-state index contributed by atoms with van der Waals surface area (Å²) in [5, 5.41) is 0. The van der Waals surface area contributed by atoms with Gasteiger partial charge in [0.25, 0.3) is 0 Å². The van der Waals surface area contributed by atoms with Crippen molar-refractivity contribution in [1.29, 1.82) is 0 Å². The van der Waals surface area contributed by atoms with Gasteiger partial charge in [-0.25, -0.2) is 8.42 Å². The van der Waals surface area contributed by atoms with E-state index in [0.717, 1.165) is 0 Å². The Hall–Kier alpha value is -0.570. The lowest BCUT2D eigenvalue weighted by molar-refractivity contribution is 0.595. The first kappa shape index (κ1) is 7.10. The van der Waals surface area contributed by atoms with Crippen molar-refractivity contribution >= 4 is 9.84 Å². The lowest BCUT2D eigenvalue weighted by Crippen LogP contribution is -2.08. The second kappa shape index (κ2) is 2.21. The van der Waals surface area contributed by atoms with Crippen LogP contribution >= 0.6 is 0 Å². The molecule has 60 valence electrons. The Kier molecular flexibility index (Phi) is 1.42. The van der Waals surface area contributed by atoms with Gasteiger partial charge in [-0.05, 0) is 11.8 Å². The molecule has 1 aliphatic carbocycles. The lowest BCUT2D eigenvalue weighted by atomic mass is 9.92. The van der Waals surface area contributed by atoms with Gasteiger partial charge in [-0.2, -0.15) is 0 Å². The van der Waals surface area contributed by atoms with Crippen LogP contribution in [-0.4, -0.2) is 19.9 Å². The Morgan fingerprint density at radius 1 is 1.00 bits per heavy atom. The molecular formula is C8H10O2S. The molecule has 1 aliphatic heterocycles. The summed E-state index contributed by atoms with van der Waals surface area (Å²) in [6.07, 6.45) is 7.86. The largest absolute Gasteiger partial charge is 0.229 e. The van der Waals surface area contributed by atoms with Crippen LogP contribution in [0.2, 0.25) is 0 Å². The Labute approximate surface area is 66.5 Å². The standard InChI is InChI=1S/C8H10O2S/c9-11(10)5-7-3-1-2-4-8(7)6-11/h1-4,7-8H,5-6H2/t7-,8+. The third-order valence-corrected chi connectivity index (χ3v) is 4.06. The first-order chi connectivity index (χ1) is 5.17. The van der Waals surface area contributed by atoms with Crippen LogP contribution in [0.4, 0.5) is 0 Å². The van der Waals surface area contributed by atoms with Gasteiger partial charge >= 0.3 is 0 Å². The molecule has 0 radical (unpaired) electrons. The average Bonchev–Trinajstić information content (AvgIpc) is 2.21. The van der Waals surface area contributed by atoms with Crippen LogP contribution in [0.3, 0.4) is 0 Å². The van der Waals surface area contributed by atoms with Crippen LogP contribution in [0.1, 0.15) is 0 Å². The molecule has 2 nitrogen and oxygen atoms in total. The van der Waals surface area contributed by atoms with Gasteiger partial charge in [0, 0.05) is 0 Å². The maximum atomic E-state index is 11.1. The van der Waals surface area contributed by atoms with Crippen molar-refractivity contribution in [3.8, 4) is 0 Å². The molecule has 0 unspecified atom stereocenters. The molecular weight excluding hydrogens is 160 g/mol. The first-order valence-electron chi connectivity index (χ1n) is 3.73. The van der Waals surface area contributed by atoms with Gasteiger partial charge in [-0.15, -0.1) is 0 Å². The highest BCUT2D eigenvalue weighted by Gasteiger charge is 2.34. The van der Waals surface area contributed by atoms with Crippen LogP contribution in [0.15, 0.2) is 24.3 Å². The van der Waals surface area contributed by atoms with E-state index in [4.69, 9.17) is 0 Å². The van der Waals surface area contributed by atoms with Crippen LogP contribution in [-0.2, 0) is 9.84 Å². The van der Waals surface area contributed by atoms with Gasteiger partial charge in [-0.3, -0.25) is 0 Å². The highest BCUT2D eigenvalue weighted by atomic mass is 32.2. The van der Waals surface area contributed by atoms with Crippen LogP contribution in [0, 0.1) is 11.8 Å². The van der Waals surface area contributed by atoms with Crippen molar-refractivity contribution in [2.24, 2.45) is 11.8 Å². The van der Waals surface area contributed by atoms with Crippen LogP contribution in [0.5, 0.6) is 0 Å². The molecule has 0 aromatic carbocycles. The van der Waals surface area contributed by atoms with Crippen molar-refractivity contribution in [3.05, 3.63) is 24.3 Å². The zero-order valence-electron chi connectivity index (χ0n) is 6.10. The summed E-state index contributed by atoms with van der Waals surface area (Å²) in [6, 6.07) is 0. The van der Waals surface area contributed by atoms with E-state index in [-0.39, 0.29) is 11.8 Å². The fourth-order valence-corrected chi connectivity index (χ4v) is 3.74. The summed E-state index contributed by atoms with van der Waals surface area (Å²) in [4.78, 5) is 0. The van der Waals surface area contributed by atoms with E-state index in [9.17, 15) is 8.42 Å². The van der Waals surface area contributed by atoms with Crippen molar-refractivity contribution in [2.75, 3.05) is 11.5 Å². The van der Waals surface area contributed by atoms with E-state index in [2.05, 4.69) is 0 Å². The molecule has 0 saturated carbocycles. The van der Waals surface area contributed by atoms with Gasteiger partial charge in [0.05, 0.1) is 11.5 Å². The summed E-state index contributed by atoms with van der Waals surface area (Å²) in [7, 11) is -2.73. The van der Waals surface area contributed by atoms with E-state index in [1.165, 1.54) is 0 Å². The number of sulfone groups is 1. The second-order valence-corrected chi connectivity index (χ2v) is 5.33. The molecule has 2 rings (SSSR count). The van der Waals surface area contributed by atoms with Gasteiger partial charge in [0.15, 0.2) is 9.84 Å². The minimum absolute atomic E-state index is 0.255. The smallest absolute Gasteiger partial charge is 0.151 e. The zero-order chi connectivity index (χ0) is 7.90. The summed E-state index contributed by atoms with van der Waals surface area (Å²) in [5.74, 6) is 1.20. The van der Waals surface area contributed by atoms with Gasteiger partial charge < -0.3 is 0 Å². The number of allylic oxidation sites excluding steroid dienone is 4. The minimum Gasteiger partial charge on any atom is -0.229 e. The maximum Gasteiger partial charge on any atom is 0.151 e. The number of hydrogen-bond acceptors (Lipinski definition) is 2. The highest BCUT2D eigenvalue weighted by Crippen LogP contribution is 2.29. The van der Waals surface area contributed by atoms with Gasteiger partial charge in [0.2, 0.25) is 0 Å². The van der Waals surface area contributed by atoms with E-state index in [0.29, 0.717) is 11.5 Å². The van der Waals surface area contributed by atoms with E-state index in [1.54, 1.807) is 0 Å². The number of hydrogen-bond donors (Lipinski definition) is 0. The molecule has 0 aromatic heterocycles. The molecule has 1 heterocycles. The molecule has 0 aromatic rings. The zero-order valence-corrected chi connectivity index (χ0v) is 6.92. The molecule has 3 heteroatoms. The van der Waals surface area contributed by atoms with E-state index < -0.39 is 9.84 Å². The molecule has 0 N–H and O–H groups in total. The quantitative estimate of drug-likeness (QED) is 0.538. The van der Waals surface area contributed by atoms with Crippen molar-refractivity contribution in [2.45, 2.75) is 0 Å². The van der Waals surface area contributed by atoms with Crippen molar-refractivity contribution in [1.82, 2.24) is 0 Å². The molecule has 1 saturated heterocycles. The molecule has 1 fully saturated rings. The molecule has 0 spiro atoms. The summed E-state index contributed by atoms with van der Waals surface area (Å²) < 4.78 is 22.3. The Balaban J connectivity index is 2.32. The molecule has 2 aliphatic rings. The van der Waals surface area contributed by atoms with E-state index in [1.807, 2.05) is 24.3 Å². The fraction of sp³-hybridized carbons (Fsp3) is 0.500. The Morgan fingerprint density at radius 3 is 1.91 bits per heavy atom. The summed E-state index contributed by atoms with van der Waals surface area (Å²) >= 11 is 0. The third kappa shape index (κ3) is 1.25. The highest BCUT2D eigenvalue weighted by molar-refractivity contribution is 7.91. The summed E-state index contributed by atoms with van der Waals surface area (Å²) in [6.45, 7) is 0. The molecule has 0 amide bonds. The van der Waals surface area contributed by atoms with Crippen molar-refractivity contribution < 1.29 is 8.42 Å². The van der Waals surface area contributed by atoms with Gasteiger partial charge in [0.1, 0.15) is 0 Å². The predicted octanol–water partition coefficient (Wildman–Crippen LogP) is 0.773. The maximum absolute atomic E-state index is 11.1. The minimum atomic E-state index is -2.73.